The fourth-order valence-electron chi connectivity index (χ4n) is 4.46. The number of nitrogens with zero attached hydrogens (tertiary/aromatic N) is 2. The van der Waals surface area contributed by atoms with Gasteiger partial charge in [-0.15, -0.1) is 0 Å². The van der Waals surface area contributed by atoms with Crippen LogP contribution in [0, 0.1) is 22.7 Å². The maximum atomic E-state index is 13.6. The molecule has 0 saturated carbocycles. The van der Waals surface area contributed by atoms with Crippen LogP contribution in [0.25, 0.3) is 0 Å². The quantitative estimate of drug-likeness (QED) is 0.383. The van der Waals surface area contributed by atoms with Gasteiger partial charge in [0.2, 0.25) is 0 Å². The molecule has 0 spiro atoms. The number of nitrogens with one attached hydrogen (secondary N) is 1. The lowest BCUT2D eigenvalue weighted by Crippen LogP contribution is -2.48. The van der Waals surface area contributed by atoms with Gasteiger partial charge in [-0.2, -0.15) is 18.4 Å². The molecule has 0 aliphatic carbocycles. The summed E-state index contributed by atoms with van der Waals surface area (Å²) >= 11 is 0. The van der Waals surface area contributed by atoms with Crippen molar-refractivity contribution in [3.05, 3.63) is 76.5 Å². The number of amidine groups is 1. The highest BCUT2D eigenvalue weighted by Crippen LogP contribution is 2.44. The second kappa shape index (κ2) is 12.0. The predicted molar refractivity (Wildman–Crippen MR) is 136 cm³/mol. The summed E-state index contributed by atoms with van der Waals surface area (Å²) in [5, 5.41) is 18.2. The molecule has 2 aromatic rings. The minimum atomic E-state index is -4.70. The summed E-state index contributed by atoms with van der Waals surface area (Å²) in [5.74, 6) is -5.95. The van der Waals surface area contributed by atoms with Crippen molar-refractivity contribution in [1.82, 2.24) is 0 Å². The maximum Gasteiger partial charge on any atom is 0.416 e. The van der Waals surface area contributed by atoms with Gasteiger partial charge in [-0.05, 0) is 56.7 Å². The van der Waals surface area contributed by atoms with E-state index in [1.807, 2.05) is 6.07 Å². The van der Waals surface area contributed by atoms with Crippen LogP contribution < -0.4 is 4.90 Å². The second-order valence-corrected chi connectivity index (χ2v) is 8.78. The van der Waals surface area contributed by atoms with Crippen molar-refractivity contribution in [2.45, 2.75) is 39.0 Å². The van der Waals surface area contributed by atoms with E-state index in [0.29, 0.717) is 5.56 Å². The lowest BCUT2D eigenvalue weighted by atomic mass is 9.75. The summed E-state index contributed by atoms with van der Waals surface area (Å²) in [5.41, 5.74) is -0.694. The second-order valence-electron chi connectivity index (χ2n) is 8.78. The number of methoxy groups -OCH3 is 1. The zero-order valence-corrected chi connectivity index (χ0v) is 22.0. The van der Waals surface area contributed by atoms with Gasteiger partial charge in [0.15, 0.2) is 6.10 Å². The molecule has 0 bridgehead atoms. The van der Waals surface area contributed by atoms with Gasteiger partial charge in [0.25, 0.3) is 0 Å². The Kier molecular flexibility index (Phi) is 8.99. The number of alkyl halides is 3. The Balaban J connectivity index is 2.32. The van der Waals surface area contributed by atoms with E-state index in [-0.39, 0.29) is 29.1 Å². The molecule has 0 fully saturated rings. The molecule has 2 unspecified atom stereocenters. The van der Waals surface area contributed by atoms with Crippen LogP contribution in [0.2, 0.25) is 0 Å². The van der Waals surface area contributed by atoms with E-state index in [9.17, 15) is 32.8 Å². The van der Waals surface area contributed by atoms with Crippen LogP contribution in [0.3, 0.4) is 0 Å². The smallest absolute Gasteiger partial charge is 0.416 e. The highest BCUT2D eigenvalue weighted by Gasteiger charge is 2.48. The average molecular weight is 558 g/mol. The van der Waals surface area contributed by atoms with E-state index in [2.05, 4.69) is 4.74 Å². The van der Waals surface area contributed by atoms with Crippen LogP contribution in [0.1, 0.15) is 43.4 Å². The molecule has 0 saturated heterocycles. The van der Waals surface area contributed by atoms with E-state index >= 15 is 0 Å². The summed E-state index contributed by atoms with van der Waals surface area (Å²) in [6.45, 7) is 4.13. The summed E-state index contributed by atoms with van der Waals surface area (Å²) in [6, 6.07) is 12.0. The normalized spacial score (nSPS) is 18.1. The first-order valence-corrected chi connectivity index (χ1v) is 12.1. The van der Waals surface area contributed by atoms with Crippen LogP contribution in [0.4, 0.5) is 18.9 Å². The van der Waals surface area contributed by atoms with Gasteiger partial charge in [-0.25, -0.2) is 9.59 Å². The number of rotatable bonds is 7. The number of ether oxygens (including phenoxy) is 3. The molecule has 0 radical (unpaired) electrons. The summed E-state index contributed by atoms with van der Waals surface area (Å²) in [6.07, 6.45) is -6.06. The standard InChI is InChI=1S/C28H26F3N3O6/c1-5-39-26(36)23-22(18-11-9-17(14-32)10-12-18)21(27(37)40-16(3)25(35)38-4)15(2)34(24(23)33)20-8-6-7-19(13-20)28(29,30)31/h6-13,16,22-23,33H,5H2,1-4H3/t16-,22?,23?/m0/s1. The van der Waals surface area contributed by atoms with Gasteiger partial charge in [0.05, 0.1) is 36.5 Å². The van der Waals surface area contributed by atoms with Crippen molar-refractivity contribution in [2.75, 3.05) is 18.6 Å². The Bertz CT molecular complexity index is 1400. The first-order chi connectivity index (χ1) is 18.8. The van der Waals surface area contributed by atoms with E-state index in [1.54, 1.807) is 6.92 Å². The molecule has 1 aliphatic rings. The summed E-state index contributed by atoms with van der Waals surface area (Å²) < 4.78 is 55.8. The highest BCUT2D eigenvalue weighted by atomic mass is 19.4. The number of hydrogen-bond donors (Lipinski definition) is 1. The Morgan fingerprint density at radius 1 is 1.15 bits per heavy atom. The van der Waals surface area contributed by atoms with Gasteiger partial charge < -0.3 is 19.1 Å². The van der Waals surface area contributed by atoms with Gasteiger partial charge in [0, 0.05) is 17.3 Å². The van der Waals surface area contributed by atoms with E-state index < -0.39 is 53.4 Å². The molecular formula is C28H26F3N3O6. The van der Waals surface area contributed by atoms with Gasteiger partial charge in [0.1, 0.15) is 11.8 Å². The first kappa shape index (κ1) is 29.9. The highest BCUT2D eigenvalue weighted by molar-refractivity contribution is 6.14. The molecule has 2 aromatic carbocycles. The van der Waals surface area contributed by atoms with Crippen LogP contribution in [-0.4, -0.2) is 43.6 Å². The third kappa shape index (κ3) is 5.98. The molecule has 3 rings (SSSR count). The summed E-state index contributed by atoms with van der Waals surface area (Å²) in [7, 11) is 1.10. The lowest BCUT2D eigenvalue weighted by molar-refractivity contribution is -0.162. The lowest BCUT2D eigenvalue weighted by Gasteiger charge is -2.40. The molecule has 0 amide bonds. The third-order valence-corrected chi connectivity index (χ3v) is 6.31. The van der Waals surface area contributed by atoms with Crippen molar-refractivity contribution >= 4 is 29.4 Å². The molecule has 9 nitrogen and oxygen atoms in total. The zero-order chi connectivity index (χ0) is 29.8. The molecule has 3 atom stereocenters. The minimum Gasteiger partial charge on any atom is -0.466 e. The number of anilines is 1. The SMILES string of the molecule is CCOC(=O)C1C(=N)N(c2cccc(C(F)(F)F)c2)C(C)=C(C(=O)O[C@@H](C)C(=O)OC)C1c1ccc(C#N)cc1. The Morgan fingerprint density at radius 2 is 1.80 bits per heavy atom. The van der Waals surface area contributed by atoms with E-state index in [4.69, 9.17) is 14.9 Å². The minimum absolute atomic E-state index is 0.00120. The van der Waals surface area contributed by atoms with Gasteiger partial charge >= 0.3 is 24.1 Å². The van der Waals surface area contributed by atoms with Crippen LogP contribution in [-0.2, 0) is 34.8 Å². The molecule has 12 heteroatoms. The van der Waals surface area contributed by atoms with Crippen LogP contribution >= 0.6 is 0 Å². The third-order valence-electron chi connectivity index (χ3n) is 6.31. The van der Waals surface area contributed by atoms with Crippen molar-refractivity contribution in [3.8, 4) is 6.07 Å². The number of carbonyl (C=O) groups is 3. The van der Waals surface area contributed by atoms with Crippen molar-refractivity contribution in [2.24, 2.45) is 5.92 Å². The number of esters is 3. The van der Waals surface area contributed by atoms with E-state index in [0.717, 1.165) is 30.2 Å². The van der Waals surface area contributed by atoms with Gasteiger partial charge in [-0.3, -0.25) is 10.2 Å². The number of halogens is 3. The van der Waals surface area contributed by atoms with Crippen molar-refractivity contribution in [1.29, 1.82) is 10.7 Å². The van der Waals surface area contributed by atoms with Crippen LogP contribution in [0.5, 0.6) is 0 Å². The molecule has 40 heavy (non-hydrogen) atoms. The molecule has 0 aromatic heterocycles. The zero-order valence-electron chi connectivity index (χ0n) is 22.0. The monoisotopic (exact) mass is 557 g/mol. The Labute approximate surface area is 228 Å². The van der Waals surface area contributed by atoms with E-state index in [1.165, 1.54) is 44.2 Å². The molecular weight excluding hydrogens is 531 g/mol. The van der Waals surface area contributed by atoms with Crippen molar-refractivity contribution < 1.29 is 41.8 Å². The Morgan fingerprint density at radius 3 is 2.35 bits per heavy atom. The molecule has 1 N–H and O–H groups in total. The van der Waals surface area contributed by atoms with Crippen LogP contribution in [0.15, 0.2) is 59.8 Å². The first-order valence-electron chi connectivity index (χ1n) is 12.1. The number of hydrogen-bond acceptors (Lipinski definition) is 8. The topological polar surface area (TPSA) is 130 Å². The largest absolute Gasteiger partial charge is 0.466 e. The molecule has 1 heterocycles. The fraction of sp³-hybridized carbons (Fsp3) is 0.321. The number of carbonyl (C=O) groups excluding carboxylic acids is 3. The Hall–Kier alpha value is -4.66. The summed E-state index contributed by atoms with van der Waals surface area (Å²) in [4.78, 5) is 40.0. The number of benzene rings is 2. The maximum absolute atomic E-state index is 13.6. The average Bonchev–Trinajstić information content (AvgIpc) is 2.92. The van der Waals surface area contributed by atoms with Gasteiger partial charge in [-0.1, -0.05) is 18.2 Å². The fourth-order valence-corrected chi connectivity index (χ4v) is 4.46. The molecule has 210 valence electrons. The number of allylic oxidation sites excluding steroid dienone is 1. The predicted octanol–water partition coefficient (Wildman–Crippen LogP) is 4.72. The van der Waals surface area contributed by atoms with Crippen molar-refractivity contribution in [3.63, 3.8) is 0 Å². The number of nitriles is 1. The molecule has 1 aliphatic heterocycles.